The van der Waals surface area contributed by atoms with Gasteiger partial charge in [-0.05, 0) is 62.8 Å². The van der Waals surface area contributed by atoms with Gasteiger partial charge in [0.2, 0.25) is 0 Å². The quantitative estimate of drug-likeness (QED) is 0.762. The number of hydrogen-bond donors (Lipinski definition) is 1. The van der Waals surface area contributed by atoms with E-state index in [1.54, 1.807) is 0 Å². The first kappa shape index (κ1) is 12.0. The highest BCUT2D eigenvalue weighted by Crippen LogP contribution is 2.34. The number of hydrogen-bond acceptors (Lipinski definition) is 2. The summed E-state index contributed by atoms with van der Waals surface area (Å²) in [5.41, 5.74) is 0. The molecule has 3 fully saturated rings. The van der Waals surface area contributed by atoms with Gasteiger partial charge in [0.15, 0.2) is 0 Å². The van der Waals surface area contributed by atoms with E-state index in [-0.39, 0.29) is 0 Å². The van der Waals surface area contributed by atoms with Crippen molar-refractivity contribution < 1.29 is 0 Å². The van der Waals surface area contributed by atoms with Crippen molar-refractivity contribution in [1.82, 2.24) is 10.2 Å². The fourth-order valence-electron chi connectivity index (χ4n) is 3.19. The molecular weight excluding hydrogens is 208 g/mol. The minimum Gasteiger partial charge on any atom is -0.312 e. The molecule has 2 saturated carbocycles. The smallest absolute Gasteiger partial charge is 0.0220 e. The van der Waals surface area contributed by atoms with Crippen LogP contribution in [0.15, 0.2) is 0 Å². The van der Waals surface area contributed by atoms with Gasteiger partial charge in [-0.1, -0.05) is 6.92 Å². The molecule has 1 aliphatic heterocycles. The topological polar surface area (TPSA) is 15.3 Å². The Balaban J connectivity index is 1.49. The van der Waals surface area contributed by atoms with Crippen LogP contribution in [0.25, 0.3) is 0 Å². The Labute approximate surface area is 106 Å². The van der Waals surface area contributed by atoms with Gasteiger partial charge in [0.1, 0.15) is 0 Å². The van der Waals surface area contributed by atoms with E-state index in [9.17, 15) is 0 Å². The fourth-order valence-corrected chi connectivity index (χ4v) is 3.19. The van der Waals surface area contributed by atoms with E-state index >= 15 is 0 Å². The molecule has 0 spiro atoms. The van der Waals surface area contributed by atoms with Crippen LogP contribution in [0.5, 0.6) is 0 Å². The molecule has 0 amide bonds. The second-order valence-electron chi connectivity index (χ2n) is 6.79. The maximum absolute atomic E-state index is 3.74. The molecule has 1 N–H and O–H groups in total. The molecule has 3 aliphatic rings. The molecule has 2 aliphatic carbocycles. The van der Waals surface area contributed by atoms with Gasteiger partial charge in [0.05, 0.1) is 0 Å². The Hall–Kier alpha value is -0.0800. The second kappa shape index (κ2) is 5.27. The van der Waals surface area contributed by atoms with Gasteiger partial charge < -0.3 is 10.2 Å². The summed E-state index contributed by atoms with van der Waals surface area (Å²) in [6.45, 7) is 7.77. The highest BCUT2D eigenvalue weighted by atomic mass is 15.2. The highest BCUT2D eigenvalue weighted by molar-refractivity contribution is 4.87. The Morgan fingerprint density at radius 1 is 0.941 bits per heavy atom. The van der Waals surface area contributed by atoms with Gasteiger partial charge in [0, 0.05) is 25.7 Å². The number of nitrogens with one attached hydrogen (secondary N) is 1. The largest absolute Gasteiger partial charge is 0.312 e. The van der Waals surface area contributed by atoms with Gasteiger partial charge >= 0.3 is 0 Å². The van der Waals surface area contributed by atoms with Gasteiger partial charge in [-0.25, -0.2) is 0 Å². The second-order valence-corrected chi connectivity index (χ2v) is 6.79. The zero-order chi connectivity index (χ0) is 11.7. The lowest BCUT2D eigenvalue weighted by molar-refractivity contribution is 0.180. The van der Waals surface area contributed by atoms with E-state index in [1.807, 2.05) is 0 Å². The van der Waals surface area contributed by atoms with Crippen LogP contribution in [0.4, 0.5) is 0 Å². The Kier molecular flexibility index (Phi) is 3.72. The first-order valence-corrected chi connectivity index (χ1v) is 7.77. The Morgan fingerprint density at radius 2 is 1.59 bits per heavy atom. The number of rotatable bonds is 6. The predicted molar refractivity (Wildman–Crippen MR) is 72.1 cm³/mol. The molecular formula is C15H28N2. The predicted octanol–water partition coefficient (Wildman–Crippen LogP) is 2.50. The van der Waals surface area contributed by atoms with Gasteiger partial charge in [-0.15, -0.1) is 0 Å². The first-order valence-electron chi connectivity index (χ1n) is 7.77. The molecule has 3 rings (SSSR count). The average molecular weight is 236 g/mol. The van der Waals surface area contributed by atoms with Gasteiger partial charge in [0.25, 0.3) is 0 Å². The zero-order valence-corrected chi connectivity index (χ0v) is 11.3. The third-order valence-electron chi connectivity index (χ3n) is 4.81. The average Bonchev–Trinajstić information content (AvgIpc) is 3.17. The van der Waals surface area contributed by atoms with E-state index in [2.05, 4.69) is 17.1 Å². The molecule has 0 aromatic rings. The van der Waals surface area contributed by atoms with Crippen molar-refractivity contribution in [2.75, 3.05) is 26.2 Å². The highest BCUT2D eigenvalue weighted by Gasteiger charge is 2.31. The molecule has 1 saturated heterocycles. The Bertz CT molecular complexity index is 231. The van der Waals surface area contributed by atoms with Crippen LogP contribution in [-0.2, 0) is 0 Å². The summed E-state index contributed by atoms with van der Waals surface area (Å²) >= 11 is 0. The minimum absolute atomic E-state index is 0.765. The molecule has 0 aromatic heterocycles. The van der Waals surface area contributed by atoms with Gasteiger partial charge in [-0.3, -0.25) is 0 Å². The maximum Gasteiger partial charge on any atom is 0.0220 e. The normalized spacial score (nSPS) is 34.2. The Morgan fingerprint density at radius 3 is 2.12 bits per heavy atom. The van der Waals surface area contributed by atoms with Crippen molar-refractivity contribution >= 4 is 0 Å². The van der Waals surface area contributed by atoms with E-state index in [0.717, 1.165) is 23.8 Å². The van der Waals surface area contributed by atoms with Crippen LogP contribution >= 0.6 is 0 Å². The van der Waals surface area contributed by atoms with Crippen molar-refractivity contribution in [2.45, 2.75) is 51.5 Å². The van der Waals surface area contributed by atoms with E-state index in [4.69, 9.17) is 0 Å². The molecule has 2 nitrogen and oxygen atoms in total. The van der Waals surface area contributed by atoms with Gasteiger partial charge in [-0.2, -0.15) is 0 Å². The van der Waals surface area contributed by atoms with Crippen LogP contribution in [-0.4, -0.2) is 37.1 Å². The lowest BCUT2D eigenvalue weighted by atomic mass is 9.92. The first-order chi connectivity index (χ1) is 8.31. The standard InChI is InChI=1S/C15H28N2/c1-12-3-2-8-16-15(12)11-17(9-13-4-5-13)10-14-6-7-14/h12-16H,2-11H2,1H3. The third kappa shape index (κ3) is 3.69. The summed E-state index contributed by atoms with van der Waals surface area (Å²) in [5.74, 6) is 2.98. The summed E-state index contributed by atoms with van der Waals surface area (Å²) in [4.78, 5) is 2.79. The monoisotopic (exact) mass is 236 g/mol. The molecule has 0 radical (unpaired) electrons. The van der Waals surface area contributed by atoms with E-state index in [0.29, 0.717) is 0 Å². The summed E-state index contributed by atoms with van der Waals surface area (Å²) in [7, 11) is 0. The lowest BCUT2D eigenvalue weighted by Gasteiger charge is -2.35. The van der Waals surface area contributed by atoms with Crippen LogP contribution < -0.4 is 5.32 Å². The summed E-state index contributed by atoms with van der Waals surface area (Å²) in [6.07, 6.45) is 8.79. The summed E-state index contributed by atoms with van der Waals surface area (Å²) in [5, 5.41) is 3.74. The van der Waals surface area contributed by atoms with Crippen LogP contribution in [0, 0.1) is 17.8 Å². The molecule has 0 bridgehead atoms. The summed E-state index contributed by atoms with van der Waals surface area (Å²) < 4.78 is 0. The molecule has 17 heavy (non-hydrogen) atoms. The van der Waals surface area contributed by atoms with Crippen LogP contribution in [0.2, 0.25) is 0 Å². The van der Waals surface area contributed by atoms with Crippen LogP contribution in [0.1, 0.15) is 45.4 Å². The molecule has 2 unspecified atom stereocenters. The SMILES string of the molecule is CC1CCCNC1CN(CC1CC1)CC1CC1. The van der Waals surface area contributed by atoms with Crippen molar-refractivity contribution in [3.8, 4) is 0 Å². The van der Waals surface area contributed by atoms with Crippen molar-refractivity contribution in [3.63, 3.8) is 0 Å². The maximum atomic E-state index is 3.74. The lowest BCUT2D eigenvalue weighted by Crippen LogP contribution is -2.48. The molecule has 1 heterocycles. The zero-order valence-electron chi connectivity index (χ0n) is 11.3. The molecule has 0 aromatic carbocycles. The number of piperidine rings is 1. The van der Waals surface area contributed by atoms with Crippen molar-refractivity contribution in [3.05, 3.63) is 0 Å². The van der Waals surface area contributed by atoms with E-state index < -0.39 is 0 Å². The summed E-state index contributed by atoms with van der Waals surface area (Å²) in [6, 6.07) is 0.765. The molecule has 2 atom stereocenters. The fraction of sp³-hybridized carbons (Fsp3) is 1.00. The third-order valence-corrected chi connectivity index (χ3v) is 4.81. The van der Waals surface area contributed by atoms with E-state index in [1.165, 1.54) is 64.7 Å². The van der Waals surface area contributed by atoms with Crippen molar-refractivity contribution in [1.29, 1.82) is 0 Å². The van der Waals surface area contributed by atoms with Crippen molar-refractivity contribution in [2.24, 2.45) is 17.8 Å². The molecule has 2 heteroatoms. The number of nitrogens with zero attached hydrogens (tertiary/aromatic N) is 1. The molecule has 98 valence electrons. The minimum atomic E-state index is 0.765. The van der Waals surface area contributed by atoms with Crippen LogP contribution in [0.3, 0.4) is 0 Å².